The van der Waals surface area contributed by atoms with Crippen molar-refractivity contribution >= 4 is 38.5 Å². The summed E-state index contributed by atoms with van der Waals surface area (Å²) in [6, 6.07) is 13.7. The molecule has 10 heteroatoms. The monoisotopic (exact) mass is 497 g/mol. The summed E-state index contributed by atoms with van der Waals surface area (Å²) in [5.74, 6) is 0.171. The Morgan fingerprint density at radius 2 is 1.74 bits per heavy atom. The lowest BCUT2D eigenvalue weighted by molar-refractivity contribution is -0.116. The standard InChI is InChI=1S/C25H31N5O4S/c1-2-16-29-21-11-5-6-12-22(21)30(25(29)32)17-14-24(31)27-19-9-8-10-20(18-19)35(33,34)28-23-13-4-3-7-15-26-23/h5-6,8-12,18H,2-4,7,13-17H2,1H3,(H,26,28)(H,27,31). The Kier molecular flexibility index (Phi) is 7.70. The molecule has 2 N–H and O–H groups in total. The number of para-hydroxylation sites is 2. The van der Waals surface area contributed by atoms with Crippen LogP contribution < -0.4 is 15.7 Å². The zero-order valence-corrected chi connectivity index (χ0v) is 20.7. The van der Waals surface area contributed by atoms with Crippen molar-refractivity contribution in [2.75, 3.05) is 11.9 Å². The number of hydrogen-bond acceptors (Lipinski definition) is 5. The molecule has 0 bridgehead atoms. The predicted octanol–water partition coefficient (Wildman–Crippen LogP) is 3.49. The highest BCUT2D eigenvalue weighted by Crippen LogP contribution is 2.18. The lowest BCUT2D eigenvalue weighted by Crippen LogP contribution is -2.30. The van der Waals surface area contributed by atoms with Crippen molar-refractivity contribution in [2.24, 2.45) is 4.99 Å². The maximum atomic E-state index is 12.9. The fraction of sp³-hybridized carbons (Fsp3) is 0.400. The van der Waals surface area contributed by atoms with E-state index in [1.165, 1.54) is 12.1 Å². The van der Waals surface area contributed by atoms with Crippen LogP contribution in [0.5, 0.6) is 0 Å². The Morgan fingerprint density at radius 3 is 2.49 bits per heavy atom. The Labute approximate surface area is 204 Å². The molecular formula is C25H31N5O4S. The minimum atomic E-state index is -3.80. The van der Waals surface area contributed by atoms with Gasteiger partial charge in [-0.3, -0.25) is 23.6 Å². The first-order valence-electron chi connectivity index (χ1n) is 12.0. The molecule has 0 aliphatic carbocycles. The number of imidazole rings is 1. The smallest absolute Gasteiger partial charge is 0.326 e. The SMILES string of the molecule is CCCn1c(=O)n(CCC(=O)Nc2cccc(S(=O)(=O)NC3=NCCCCC3)c2)c2ccccc21. The summed E-state index contributed by atoms with van der Waals surface area (Å²) in [7, 11) is -3.80. The lowest BCUT2D eigenvalue weighted by Gasteiger charge is -2.11. The van der Waals surface area contributed by atoms with Gasteiger partial charge in [0, 0.05) is 38.2 Å². The minimum Gasteiger partial charge on any atom is -0.326 e. The zero-order valence-electron chi connectivity index (χ0n) is 19.9. The average molecular weight is 498 g/mol. The van der Waals surface area contributed by atoms with Crippen LogP contribution in [0.2, 0.25) is 0 Å². The van der Waals surface area contributed by atoms with Crippen LogP contribution in [0, 0.1) is 0 Å². The number of rotatable bonds is 8. The highest BCUT2D eigenvalue weighted by molar-refractivity contribution is 7.90. The van der Waals surface area contributed by atoms with E-state index in [4.69, 9.17) is 0 Å². The number of nitrogens with one attached hydrogen (secondary N) is 2. The van der Waals surface area contributed by atoms with Gasteiger partial charge in [-0.25, -0.2) is 13.2 Å². The van der Waals surface area contributed by atoms with Gasteiger partial charge >= 0.3 is 5.69 Å². The van der Waals surface area contributed by atoms with E-state index in [0.29, 0.717) is 31.0 Å². The molecule has 186 valence electrons. The quantitative estimate of drug-likeness (QED) is 0.496. The number of sulfonamides is 1. The number of carbonyl (C=O) groups excluding carboxylic acids is 1. The number of fused-ring (bicyclic) bond motifs is 1. The number of amides is 1. The van der Waals surface area contributed by atoms with Crippen LogP contribution in [0.3, 0.4) is 0 Å². The van der Waals surface area contributed by atoms with Crippen molar-refractivity contribution in [2.45, 2.75) is 63.4 Å². The van der Waals surface area contributed by atoms with Crippen molar-refractivity contribution in [1.29, 1.82) is 0 Å². The molecule has 9 nitrogen and oxygen atoms in total. The van der Waals surface area contributed by atoms with Gasteiger partial charge < -0.3 is 5.32 Å². The molecule has 0 fully saturated rings. The molecule has 0 atom stereocenters. The van der Waals surface area contributed by atoms with Gasteiger partial charge in [0.25, 0.3) is 10.0 Å². The maximum Gasteiger partial charge on any atom is 0.329 e. The summed E-state index contributed by atoms with van der Waals surface area (Å²) < 4.78 is 31.6. The fourth-order valence-electron chi connectivity index (χ4n) is 4.28. The van der Waals surface area contributed by atoms with E-state index in [0.717, 1.165) is 36.7 Å². The summed E-state index contributed by atoms with van der Waals surface area (Å²) in [6.07, 6.45) is 4.39. The van der Waals surface area contributed by atoms with E-state index >= 15 is 0 Å². The largest absolute Gasteiger partial charge is 0.329 e. The van der Waals surface area contributed by atoms with Gasteiger partial charge in [0.05, 0.1) is 15.9 Å². The molecule has 1 aromatic heterocycles. The maximum absolute atomic E-state index is 12.9. The third-order valence-electron chi connectivity index (χ3n) is 5.99. The van der Waals surface area contributed by atoms with Crippen molar-refractivity contribution in [1.82, 2.24) is 13.9 Å². The van der Waals surface area contributed by atoms with Crippen LogP contribution in [-0.4, -0.2) is 35.8 Å². The average Bonchev–Trinajstić information content (AvgIpc) is 2.97. The molecule has 0 radical (unpaired) electrons. The topological polar surface area (TPSA) is 115 Å². The Balaban J connectivity index is 1.44. The van der Waals surface area contributed by atoms with Crippen LogP contribution in [0.4, 0.5) is 5.69 Å². The number of carbonyl (C=O) groups is 1. The van der Waals surface area contributed by atoms with Crippen molar-refractivity contribution in [3.05, 3.63) is 59.0 Å². The molecule has 0 spiro atoms. The van der Waals surface area contributed by atoms with E-state index in [2.05, 4.69) is 15.0 Å². The van der Waals surface area contributed by atoms with Crippen LogP contribution in [0.1, 0.15) is 45.4 Å². The number of anilines is 1. The molecule has 1 aliphatic heterocycles. The zero-order chi connectivity index (χ0) is 24.8. The van der Waals surface area contributed by atoms with Crippen molar-refractivity contribution < 1.29 is 13.2 Å². The first-order chi connectivity index (χ1) is 16.9. The van der Waals surface area contributed by atoms with Gasteiger partial charge in [0.2, 0.25) is 5.91 Å². The lowest BCUT2D eigenvalue weighted by atomic mass is 10.2. The van der Waals surface area contributed by atoms with Gasteiger partial charge in [-0.2, -0.15) is 0 Å². The molecule has 4 rings (SSSR count). The highest BCUT2D eigenvalue weighted by atomic mass is 32.2. The molecule has 1 aliphatic rings. The van der Waals surface area contributed by atoms with Gasteiger partial charge in [-0.1, -0.05) is 31.5 Å². The number of aryl methyl sites for hydroxylation is 2. The third kappa shape index (κ3) is 5.82. The summed E-state index contributed by atoms with van der Waals surface area (Å²) in [4.78, 5) is 29.9. The van der Waals surface area contributed by atoms with Crippen LogP contribution >= 0.6 is 0 Å². The van der Waals surface area contributed by atoms with Crippen molar-refractivity contribution in [3.63, 3.8) is 0 Å². The van der Waals surface area contributed by atoms with E-state index in [1.807, 2.05) is 31.2 Å². The fourth-order valence-corrected chi connectivity index (χ4v) is 5.41. The van der Waals surface area contributed by atoms with E-state index in [9.17, 15) is 18.0 Å². The van der Waals surface area contributed by atoms with E-state index in [-0.39, 0.29) is 29.5 Å². The molecule has 35 heavy (non-hydrogen) atoms. The molecule has 3 aromatic rings. The molecular weight excluding hydrogens is 466 g/mol. The van der Waals surface area contributed by atoms with Crippen LogP contribution in [0.25, 0.3) is 11.0 Å². The number of aliphatic imine (C=N–C) groups is 1. The van der Waals surface area contributed by atoms with E-state index in [1.54, 1.807) is 21.3 Å². The Morgan fingerprint density at radius 1 is 1.00 bits per heavy atom. The van der Waals surface area contributed by atoms with Crippen LogP contribution in [0.15, 0.2) is 63.2 Å². The predicted molar refractivity (Wildman–Crippen MR) is 137 cm³/mol. The first-order valence-corrected chi connectivity index (χ1v) is 13.5. The molecule has 0 saturated carbocycles. The summed E-state index contributed by atoms with van der Waals surface area (Å²) in [6.45, 7) is 3.47. The second kappa shape index (κ2) is 10.9. The molecule has 2 heterocycles. The minimum absolute atomic E-state index is 0.0566. The number of nitrogens with zero attached hydrogens (tertiary/aromatic N) is 3. The van der Waals surface area contributed by atoms with Gasteiger partial charge in [-0.15, -0.1) is 0 Å². The van der Waals surface area contributed by atoms with Crippen molar-refractivity contribution in [3.8, 4) is 0 Å². The van der Waals surface area contributed by atoms with Gasteiger partial charge in [-0.05, 0) is 49.6 Å². The first kappa shape index (κ1) is 24.7. The number of benzene rings is 2. The molecule has 1 amide bonds. The second-order valence-corrected chi connectivity index (χ2v) is 10.3. The highest BCUT2D eigenvalue weighted by Gasteiger charge is 2.18. The summed E-state index contributed by atoms with van der Waals surface area (Å²) in [5, 5.41) is 2.75. The number of hydrogen-bond donors (Lipinski definition) is 2. The molecule has 0 unspecified atom stereocenters. The van der Waals surface area contributed by atoms with Gasteiger partial charge in [0.15, 0.2) is 0 Å². The number of amidine groups is 1. The third-order valence-corrected chi connectivity index (χ3v) is 7.37. The molecule has 2 aromatic carbocycles. The van der Waals surface area contributed by atoms with Crippen LogP contribution in [-0.2, 0) is 27.9 Å². The summed E-state index contributed by atoms with van der Waals surface area (Å²) in [5.41, 5.74) is 1.88. The Hall–Kier alpha value is -3.40. The Bertz CT molecular complexity index is 1400. The van der Waals surface area contributed by atoms with E-state index < -0.39 is 10.0 Å². The normalized spacial score (nSPS) is 14.4. The second-order valence-electron chi connectivity index (χ2n) is 8.65. The molecule has 0 saturated heterocycles. The number of aromatic nitrogens is 2. The summed E-state index contributed by atoms with van der Waals surface area (Å²) >= 11 is 0. The van der Waals surface area contributed by atoms with Gasteiger partial charge in [0.1, 0.15) is 5.84 Å².